The van der Waals surface area contributed by atoms with Gasteiger partial charge in [-0.05, 0) is 6.92 Å². The highest BCUT2D eigenvalue weighted by Crippen LogP contribution is 2.11. The van der Waals surface area contributed by atoms with E-state index in [1.807, 2.05) is 6.92 Å². The Kier molecular flexibility index (Phi) is 2.59. The highest BCUT2D eigenvalue weighted by Gasteiger charge is 2.15. The molecule has 0 spiro atoms. The van der Waals surface area contributed by atoms with E-state index in [1.54, 1.807) is 10.9 Å². The van der Waals surface area contributed by atoms with E-state index in [1.165, 1.54) is 12.3 Å². The van der Waals surface area contributed by atoms with E-state index < -0.39 is 5.91 Å². The third-order valence-electron chi connectivity index (χ3n) is 2.01. The van der Waals surface area contributed by atoms with Gasteiger partial charge in [-0.2, -0.15) is 5.10 Å². The van der Waals surface area contributed by atoms with Crippen molar-refractivity contribution in [2.24, 2.45) is 0 Å². The van der Waals surface area contributed by atoms with Gasteiger partial charge in [-0.3, -0.25) is 9.48 Å². The van der Waals surface area contributed by atoms with Crippen molar-refractivity contribution >= 4 is 17.4 Å². The van der Waals surface area contributed by atoms with E-state index in [-0.39, 0.29) is 5.69 Å². The van der Waals surface area contributed by atoms with Crippen molar-refractivity contribution in [1.29, 1.82) is 0 Å². The second-order valence-corrected chi connectivity index (χ2v) is 3.13. The van der Waals surface area contributed by atoms with Crippen LogP contribution in [0.25, 0.3) is 0 Å². The second kappa shape index (κ2) is 4.05. The van der Waals surface area contributed by atoms with Crippen LogP contribution in [-0.4, -0.2) is 20.8 Å². The molecular weight excluding hydrogens is 210 g/mol. The number of nitrogens with zero attached hydrogens (tertiary/aromatic N) is 3. The lowest BCUT2D eigenvalue weighted by Gasteiger charge is -1.97. The Balaban J connectivity index is 2.17. The first kappa shape index (κ1) is 10.2. The third kappa shape index (κ3) is 1.88. The van der Waals surface area contributed by atoms with E-state index in [4.69, 9.17) is 5.73 Å². The van der Waals surface area contributed by atoms with Crippen molar-refractivity contribution in [3.63, 3.8) is 0 Å². The fourth-order valence-corrected chi connectivity index (χ4v) is 1.23. The minimum absolute atomic E-state index is 0.185. The number of amides is 1. The number of aromatic nitrogens is 3. The normalized spacial score (nSPS) is 10.3. The molecule has 0 aromatic carbocycles. The molecule has 0 aliphatic carbocycles. The average Bonchev–Trinajstić information content (AvgIpc) is 2.87. The molecular formula is C9H11N5O2. The first-order valence-electron chi connectivity index (χ1n) is 4.75. The van der Waals surface area contributed by atoms with Crippen molar-refractivity contribution < 1.29 is 9.32 Å². The third-order valence-corrected chi connectivity index (χ3v) is 2.01. The molecule has 7 nitrogen and oxygen atoms in total. The van der Waals surface area contributed by atoms with Crippen LogP contribution < -0.4 is 11.1 Å². The van der Waals surface area contributed by atoms with Crippen molar-refractivity contribution in [3.8, 4) is 0 Å². The Morgan fingerprint density at radius 3 is 3.06 bits per heavy atom. The van der Waals surface area contributed by atoms with Crippen LogP contribution in [0, 0.1) is 0 Å². The molecule has 0 aliphatic rings. The number of aryl methyl sites for hydroxylation is 1. The van der Waals surface area contributed by atoms with E-state index >= 15 is 0 Å². The van der Waals surface area contributed by atoms with Crippen molar-refractivity contribution in [2.75, 3.05) is 11.1 Å². The molecule has 0 atom stereocenters. The van der Waals surface area contributed by atoms with Crippen LogP contribution >= 0.6 is 0 Å². The van der Waals surface area contributed by atoms with Crippen LogP contribution in [0.3, 0.4) is 0 Å². The van der Waals surface area contributed by atoms with Gasteiger partial charge in [0.2, 0.25) is 0 Å². The SMILES string of the molecule is CCn1cc(N)c(C(=O)Nc2ccon2)n1. The summed E-state index contributed by atoms with van der Waals surface area (Å²) in [6.45, 7) is 2.56. The smallest absolute Gasteiger partial charge is 0.279 e. The minimum Gasteiger partial charge on any atom is -0.396 e. The number of carbonyl (C=O) groups is 1. The zero-order chi connectivity index (χ0) is 11.5. The van der Waals surface area contributed by atoms with Gasteiger partial charge >= 0.3 is 0 Å². The lowest BCUT2D eigenvalue weighted by molar-refractivity contribution is 0.102. The molecule has 0 bridgehead atoms. The Morgan fingerprint density at radius 2 is 2.50 bits per heavy atom. The molecule has 2 aromatic heterocycles. The second-order valence-electron chi connectivity index (χ2n) is 3.13. The maximum absolute atomic E-state index is 11.7. The van der Waals surface area contributed by atoms with Gasteiger partial charge in [0, 0.05) is 18.8 Å². The van der Waals surface area contributed by atoms with Gasteiger partial charge in [0.15, 0.2) is 11.5 Å². The summed E-state index contributed by atoms with van der Waals surface area (Å²) < 4.78 is 6.18. The summed E-state index contributed by atoms with van der Waals surface area (Å²) >= 11 is 0. The zero-order valence-electron chi connectivity index (χ0n) is 8.67. The van der Waals surface area contributed by atoms with Gasteiger partial charge < -0.3 is 15.6 Å². The van der Waals surface area contributed by atoms with Gasteiger partial charge in [-0.25, -0.2) is 0 Å². The molecule has 2 rings (SSSR count). The number of nitrogens with one attached hydrogen (secondary N) is 1. The van der Waals surface area contributed by atoms with E-state index in [2.05, 4.69) is 20.1 Å². The maximum atomic E-state index is 11.7. The number of nitrogens with two attached hydrogens (primary N) is 1. The van der Waals surface area contributed by atoms with Crippen LogP contribution in [0.2, 0.25) is 0 Å². The molecule has 0 unspecified atom stereocenters. The van der Waals surface area contributed by atoms with Crippen molar-refractivity contribution in [1.82, 2.24) is 14.9 Å². The largest absolute Gasteiger partial charge is 0.396 e. The summed E-state index contributed by atoms with van der Waals surface area (Å²) in [7, 11) is 0. The summed E-state index contributed by atoms with van der Waals surface area (Å²) in [6, 6.07) is 1.53. The van der Waals surface area contributed by atoms with Gasteiger partial charge in [-0.15, -0.1) is 0 Å². The predicted molar refractivity (Wildman–Crippen MR) is 56.8 cm³/mol. The van der Waals surface area contributed by atoms with Crippen LogP contribution in [0.5, 0.6) is 0 Å². The van der Waals surface area contributed by atoms with Crippen molar-refractivity contribution in [2.45, 2.75) is 13.5 Å². The lowest BCUT2D eigenvalue weighted by atomic mass is 10.3. The van der Waals surface area contributed by atoms with Crippen LogP contribution in [0.4, 0.5) is 11.5 Å². The summed E-state index contributed by atoms with van der Waals surface area (Å²) in [5.41, 5.74) is 6.18. The van der Waals surface area contributed by atoms with Gasteiger partial charge in [0.25, 0.3) is 5.91 Å². The molecule has 2 aromatic rings. The molecule has 0 fully saturated rings. The predicted octanol–water partition coefficient (Wildman–Crippen LogP) is 0.726. The van der Waals surface area contributed by atoms with Crippen LogP contribution in [0.15, 0.2) is 23.0 Å². The van der Waals surface area contributed by atoms with Crippen LogP contribution in [-0.2, 0) is 6.54 Å². The number of nitrogen functional groups attached to an aromatic ring is 1. The first-order chi connectivity index (χ1) is 7.70. The number of rotatable bonds is 3. The molecule has 0 saturated heterocycles. The van der Waals surface area contributed by atoms with Gasteiger partial charge in [0.1, 0.15) is 6.26 Å². The zero-order valence-corrected chi connectivity index (χ0v) is 8.67. The monoisotopic (exact) mass is 221 g/mol. The molecule has 2 heterocycles. The average molecular weight is 221 g/mol. The maximum Gasteiger partial charge on any atom is 0.279 e. The molecule has 16 heavy (non-hydrogen) atoms. The molecule has 0 aliphatic heterocycles. The van der Waals surface area contributed by atoms with Gasteiger partial charge in [-0.1, -0.05) is 5.16 Å². The minimum atomic E-state index is -0.404. The first-order valence-corrected chi connectivity index (χ1v) is 4.75. The standard InChI is InChI=1S/C9H11N5O2/c1-2-14-5-6(10)8(12-14)9(15)11-7-3-4-16-13-7/h3-5H,2,10H2,1H3,(H,11,13,15). The highest BCUT2D eigenvalue weighted by molar-refractivity contribution is 6.05. The quantitative estimate of drug-likeness (QED) is 0.795. The summed E-state index contributed by atoms with van der Waals surface area (Å²) in [5.74, 6) is -0.0750. The highest BCUT2D eigenvalue weighted by atomic mass is 16.5. The summed E-state index contributed by atoms with van der Waals surface area (Å²) in [6.07, 6.45) is 2.97. The fraction of sp³-hybridized carbons (Fsp3) is 0.222. The number of anilines is 2. The summed E-state index contributed by atoms with van der Waals surface area (Å²) in [5, 5.41) is 10.1. The Bertz CT molecular complexity index is 488. The fourth-order valence-electron chi connectivity index (χ4n) is 1.23. The number of carbonyl (C=O) groups excluding carboxylic acids is 1. The molecule has 1 amide bonds. The van der Waals surface area contributed by atoms with E-state index in [9.17, 15) is 4.79 Å². The number of hydrogen-bond donors (Lipinski definition) is 2. The topological polar surface area (TPSA) is 99.0 Å². The Morgan fingerprint density at radius 1 is 1.69 bits per heavy atom. The molecule has 7 heteroatoms. The molecule has 84 valence electrons. The molecule has 3 N–H and O–H groups in total. The van der Waals surface area contributed by atoms with E-state index in [0.717, 1.165) is 0 Å². The van der Waals surface area contributed by atoms with E-state index in [0.29, 0.717) is 18.1 Å². The molecule has 0 radical (unpaired) electrons. The van der Waals surface area contributed by atoms with Crippen LogP contribution in [0.1, 0.15) is 17.4 Å². The van der Waals surface area contributed by atoms with Crippen molar-refractivity contribution in [3.05, 3.63) is 24.2 Å². The summed E-state index contributed by atoms with van der Waals surface area (Å²) in [4.78, 5) is 11.7. The lowest BCUT2D eigenvalue weighted by Crippen LogP contribution is -2.14. The molecule has 0 saturated carbocycles. The Hall–Kier alpha value is -2.31. The van der Waals surface area contributed by atoms with Gasteiger partial charge in [0.05, 0.1) is 5.69 Å². The number of hydrogen-bond acceptors (Lipinski definition) is 5. The Labute approximate surface area is 91.2 Å².